The van der Waals surface area contributed by atoms with Gasteiger partial charge in [-0.25, -0.2) is 0 Å². The highest BCUT2D eigenvalue weighted by molar-refractivity contribution is 5.32. The van der Waals surface area contributed by atoms with Gasteiger partial charge < -0.3 is 24.9 Å². The van der Waals surface area contributed by atoms with Gasteiger partial charge in [0.25, 0.3) is 6.47 Å². The molecule has 0 rings (SSSR count). The van der Waals surface area contributed by atoms with Crippen LogP contribution in [0.3, 0.4) is 0 Å². The Morgan fingerprint density at radius 1 is 1.00 bits per heavy atom. The highest BCUT2D eigenvalue weighted by Crippen LogP contribution is 0.966. The number of carbonyl (C=O) groups is 3. The summed E-state index contributed by atoms with van der Waals surface area (Å²) >= 11 is 0. The van der Waals surface area contributed by atoms with Crippen molar-refractivity contribution in [1.29, 1.82) is 0 Å². The minimum atomic E-state index is -0.500. The molecule has 0 saturated carbocycles. The zero-order valence-corrected chi connectivity index (χ0v) is 4.22. The summed E-state index contributed by atoms with van der Waals surface area (Å²) in [5, 5.41) is 23.4. The minimum absolute atomic E-state index is 0. The van der Waals surface area contributed by atoms with Gasteiger partial charge in [-0.2, -0.15) is 0 Å². The molecule has 0 aromatic carbocycles. The molecule has 0 aliphatic rings. The van der Waals surface area contributed by atoms with Gasteiger partial charge in [0.05, 0.1) is 0 Å². The van der Waals surface area contributed by atoms with Gasteiger partial charge in [0.15, 0.2) is 0 Å². The van der Waals surface area contributed by atoms with Crippen molar-refractivity contribution in [1.82, 2.24) is 0 Å². The van der Waals surface area contributed by atoms with Crippen LogP contribution in [0.5, 0.6) is 0 Å². The van der Waals surface area contributed by atoms with E-state index in [9.17, 15) is 0 Å². The molecule has 0 bridgehead atoms. The van der Waals surface area contributed by atoms with Crippen LogP contribution < -0.4 is 10.2 Å². The van der Waals surface area contributed by atoms with Gasteiger partial charge in [0, 0.05) is 12.9 Å². The Kier molecular flexibility index (Phi) is 723. The first kappa shape index (κ1) is 34.2. The van der Waals surface area contributed by atoms with E-state index in [1.807, 2.05) is 0 Å². The molecule has 0 aliphatic heterocycles. The smallest absolute Gasteiger partial charge is 0.554 e. The maximum absolute atomic E-state index is 8.36. The maximum Gasteiger partial charge on any atom is 1.00 e. The Hall–Kier alpha value is -1.59. The van der Waals surface area contributed by atoms with Crippen LogP contribution in [0.1, 0.15) is 16.3 Å². The van der Waals surface area contributed by atoms with Gasteiger partial charge >= 0.3 is 1.43 Å². The SMILES string of the molecule is C.C.O=CO.O=C[O-].O=C[O-].[H+]. The second kappa shape index (κ2) is 232. The Morgan fingerprint density at radius 2 is 1.00 bits per heavy atom. The largest absolute Gasteiger partial charge is 1.00 e. The highest BCUT2D eigenvalue weighted by atomic mass is 16.4. The third-order valence-electron chi connectivity index (χ3n) is 0. The molecule has 70 valence electrons. The van der Waals surface area contributed by atoms with E-state index in [-0.39, 0.29) is 22.8 Å². The molecule has 11 heavy (non-hydrogen) atoms. The van der Waals surface area contributed by atoms with E-state index in [1.165, 1.54) is 0 Å². The van der Waals surface area contributed by atoms with Crippen molar-refractivity contribution < 1.29 is 31.1 Å². The number of carboxylic acid groups (broad SMARTS) is 3. The average molecular weight is 169 g/mol. The molecule has 0 saturated heterocycles. The van der Waals surface area contributed by atoms with E-state index in [0.29, 0.717) is 0 Å². The molecule has 0 aromatic heterocycles. The van der Waals surface area contributed by atoms with Crippen molar-refractivity contribution in [2.75, 3.05) is 0 Å². The van der Waals surface area contributed by atoms with Crippen LogP contribution in [-0.4, -0.2) is 24.5 Å². The van der Waals surface area contributed by atoms with Gasteiger partial charge in [-0.05, 0) is 0 Å². The number of rotatable bonds is 0. The summed E-state index contributed by atoms with van der Waals surface area (Å²) in [6.07, 6.45) is 0. The third kappa shape index (κ3) is 137. The number of carbonyl (C=O) groups excluding carboxylic acids is 2. The van der Waals surface area contributed by atoms with Crippen molar-refractivity contribution in [2.45, 2.75) is 14.9 Å². The number of hydrogen-bond acceptors (Lipinski definition) is 5. The van der Waals surface area contributed by atoms with E-state index in [1.54, 1.807) is 0 Å². The lowest BCUT2D eigenvalue weighted by atomic mass is 11.7. The van der Waals surface area contributed by atoms with Gasteiger partial charge in [-0.15, -0.1) is 0 Å². The molecule has 6 heteroatoms. The highest BCUT2D eigenvalue weighted by Gasteiger charge is 1.22. The van der Waals surface area contributed by atoms with Crippen molar-refractivity contribution in [3.05, 3.63) is 0 Å². The van der Waals surface area contributed by atoms with Crippen LogP contribution in [0.2, 0.25) is 0 Å². The zero-order chi connectivity index (χ0) is 8.12. The van der Waals surface area contributed by atoms with Crippen LogP contribution in [-0.2, 0) is 14.4 Å². The summed E-state index contributed by atoms with van der Waals surface area (Å²) in [5.41, 5.74) is 0. The van der Waals surface area contributed by atoms with Crippen LogP contribution in [0.15, 0.2) is 0 Å². The zero-order valence-electron chi connectivity index (χ0n) is 5.22. The molecule has 6 nitrogen and oxygen atoms in total. The topological polar surface area (TPSA) is 118 Å². The second-order valence-corrected chi connectivity index (χ2v) is 0.298. The number of hydrogen-bond donors (Lipinski definition) is 1. The lowest BCUT2D eigenvalue weighted by Crippen LogP contribution is -2.01. The molecule has 0 aliphatic carbocycles. The summed E-state index contributed by atoms with van der Waals surface area (Å²) in [5.74, 6) is 0. The summed E-state index contributed by atoms with van der Waals surface area (Å²) < 4.78 is 0. The average Bonchev–Trinajstić information content (AvgIpc) is 1.70. The monoisotopic (exact) mass is 169 g/mol. The second-order valence-electron chi connectivity index (χ2n) is 0.298. The van der Waals surface area contributed by atoms with E-state index < -0.39 is 12.9 Å². The molecule has 0 aromatic rings. The van der Waals surface area contributed by atoms with E-state index in [2.05, 4.69) is 0 Å². The first-order valence-electron chi connectivity index (χ1n) is 1.44. The van der Waals surface area contributed by atoms with E-state index >= 15 is 0 Å². The van der Waals surface area contributed by atoms with Crippen molar-refractivity contribution in [3.63, 3.8) is 0 Å². The fourth-order valence-corrected chi connectivity index (χ4v) is 0. The molecular weight excluding hydrogens is 156 g/mol. The van der Waals surface area contributed by atoms with E-state index in [4.69, 9.17) is 29.7 Å². The van der Waals surface area contributed by atoms with Crippen LogP contribution in [0.4, 0.5) is 0 Å². The van der Waals surface area contributed by atoms with Crippen LogP contribution >= 0.6 is 0 Å². The molecule has 0 spiro atoms. The third-order valence-corrected chi connectivity index (χ3v) is 0. The van der Waals surface area contributed by atoms with Crippen LogP contribution in [0.25, 0.3) is 0 Å². The Bertz CT molecular complexity index is 52.7. The summed E-state index contributed by atoms with van der Waals surface area (Å²) in [6, 6.07) is 0. The molecule has 0 heterocycles. The van der Waals surface area contributed by atoms with Gasteiger partial charge in [-0.3, -0.25) is 4.79 Å². The fourth-order valence-electron chi connectivity index (χ4n) is 0. The maximum atomic E-state index is 8.36. The fraction of sp³-hybridized carbons (Fsp3) is 0.400. The summed E-state index contributed by atoms with van der Waals surface area (Å²) in [6.45, 7) is -1.25. The minimum Gasteiger partial charge on any atom is -0.554 e. The predicted molar refractivity (Wildman–Crippen MR) is 35.4 cm³/mol. The first-order valence-corrected chi connectivity index (χ1v) is 1.44. The summed E-state index contributed by atoms with van der Waals surface area (Å²) in [4.78, 5) is 24.9. The molecule has 0 atom stereocenters. The van der Waals surface area contributed by atoms with Gasteiger partial charge in [0.1, 0.15) is 0 Å². The molecule has 0 unspecified atom stereocenters. The lowest BCUT2D eigenvalue weighted by Gasteiger charge is -1.52. The standard InChI is InChI=1S/3CH2O2.2CH4/c3*2-1-3;;/h3*1H,(H,2,3);2*1H4/p-1. The predicted octanol–water partition coefficient (Wildman–Crippen LogP) is -2.18. The Balaban J connectivity index is -0.00000001000. The molecule has 0 fully saturated rings. The molecule has 0 radical (unpaired) electrons. The molecule has 0 amide bonds. The van der Waals surface area contributed by atoms with Crippen molar-refractivity contribution in [2.24, 2.45) is 0 Å². The lowest BCUT2D eigenvalue weighted by molar-refractivity contribution is -0.284. The van der Waals surface area contributed by atoms with Gasteiger partial charge in [0.2, 0.25) is 0 Å². The molecular formula is C5H13O6-. The summed E-state index contributed by atoms with van der Waals surface area (Å²) in [7, 11) is 0. The van der Waals surface area contributed by atoms with Crippen molar-refractivity contribution in [3.8, 4) is 0 Å². The first-order chi connectivity index (χ1) is 4.24. The van der Waals surface area contributed by atoms with Crippen LogP contribution in [0, 0.1) is 0 Å². The Labute approximate surface area is 66.6 Å². The molecule has 1 N–H and O–H groups in total. The Morgan fingerprint density at radius 3 is 1.00 bits per heavy atom. The van der Waals surface area contributed by atoms with E-state index in [0.717, 1.165) is 0 Å². The quantitative estimate of drug-likeness (QED) is 0.412. The van der Waals surface area contributed by atoms with Gasteiger partial charge in [-0.1, -0.05) is 14.9 Å². The normalized spacial score (nSPS) is 3.27. The van der Waals surface area contributed by atoms with Crippen molar-refractivity contribution >= 4 is 19.4 Å².